The van der Waals surface area contributed by atoms with Gasteiger partial charge in [-0.05, 0) is 37.9 Å². The van der Waals surface area contributed by atoms with Crippen molar-refractivity contribution in [1.82, 2.24) is 5.32 Å². The van der Waals surface area contributed by atoms with Gasteiger partial charge in [0.15, 0.2) is 9.84 Å². The van der Waals surface area contributed by atoms with Crippen LogP contribution in [0.25, 0.3) is 0 Å². The number of sulfone groups is 1. The Bertz CT molecular complexity index is 536. The molecule has 0 spiro atoms. The first kappa shape index (κ1) is 12.6. The topological polar surface area (TPSA) is 46.2 Å². The highest BCUT2D eigenvalue weighted by Gasteiger charge is 2.41. The van der Waals surface area contributed by atoms with Gasteiger partial charge in [0.05, 0.1) is 10.1 Å². The van der Waals surface area contributed by atoms with E-state index in [0.717, 1.165) is 11.1 Å². The van der Waals surface area contributed by atoms with Gasteiger partial charge in [-0.15, -0.1) is 0 Å². The summed E-state index contributed by atoms with van der Waals surface area (Å²) >= 11 is 0. The molecule has 1 aromatic carbocycles. The Morgan fingerprint density at radius 3 is 2.47 bits per heavy atom. The van der Waals surface area contributed by atoms with Gasteiger partial charge < -0.3 is 5.32 Å². The molecule has 2 rings (SSSR count). The van der Waals surface area contributed by atoms with Crippen molar-refractivity contribution >= 4 is 9.84 Å². The Kier molecular flexibility index (Phi) is 3.04. The number of aryl methyl sites for hydroxylation is 1. The lowest BCUT2D eigenvalue weighted by molar-refractivity contribution is 0.378. The van der Waals surface area contributed by atoms with Gasteiger partial charge in [0.1, 0.15) is 0 Å². The lowest BCUT2D eigenvalue weighted by atomic mass is 9.90. The maximum absolute atomic E-state index is 12.5. The second-order valence-electron chi connectivity index (χ2n) is 4.87. The van der Waals surface area contributed by atoms with Crippen molar-refractivity contribution < 1.29 is 8.42 Å². The molecule has 1 N–H and O–H groups in total. The van der Waals surface area contributed by atoms with Gasteiger partial charge in [-0.1, -0.05) is 25.1 Å². The maximum atomic E-state index is 12.5. The van der Waals surface area contributed by atoms with Gasteiger partial charge in [-0.25, -0.2) is 8.42 Å². The molecule has 3 nitrogen and oxygen atoms in total. The van der Waals surface area contributed by atoms with Crippen molar-refractivity contribution in [3.63, 3.8) is 0 Å². The molecule has 1 heterocycles. The summed E-state index contributed by atoms with van der Waals surface area (Å²) in [6.45, 7) is 5.67. The van der Waals surface area contributed by atoms with Crippen LogP contribution >= 0.6 is 0 Å². The van der Waals surface area contributed by atoms with Crippen LogP contribution in [0.4, 0.5) is 0 Å². The number of nitrogens with one attached hydrogen (secondary N) is 1. The minimum atomic E-state index is -3.18. The standard InChI is InChI=1S/C13H19NO2S/c1-8-6-5-7-11-12(14-4)9(2)10(3)17(15,16)13(8)11/h5-7,9-10,12,14H,1-4H3. The van der Waals surface area contributed by atoms with Crippen molar-refractivity contribution in [3.8, 4) is 0 Å². The van der Waals surface area contributed by atoms with Crippen molar-refractivity contribution in [2.75, 3.05) is 7.05 Å². The SMILES string of the molecule is CNC1c2cccc(C)c2S(=O)(=O)C(C)C1C. The predicted octanol–water partition coefficient (Wildman–Crippen LogP) is 2.07. The molecule has 0 saturated carbocycles. The highest BCUT2D eigenvalue weighted by atomic mass is 32.2. The summed E-state index contributed by atoms with van der Waals surface area (Å²) in [5, 5.41) is 2.90. The quantitative estimate of drug-likeness (QED) is 0.833. The Morgan fingerprint density at radius 2 is 1.88 bits per heavy atom. The summed E-state index contributed by atoms with van der Waals surface area (Å²) in [6, 6.07) is 5.83. The van der Waals surface area contributed by atoms with E-state index in [1.165, 1.54) is 0 Å². The number of rotatable bonds is 1. The van der Waals surface area contributed by atoms with E-state index >= 15 is 0 Å². The second kappa shape index (κ2) is 4.10. The number of hydrogen-bond acceptors (Lipinski definition) is 3. The summed E-state index contributed by atoms with van der Waals surface area (Å²) in [4.78, 5) is 0.532. The fourth-order valence-corrected chi connectivity index (χ4v) is 4.88. The molecule has 0 radical (unpaired) electrons. The zero-order valence-corrected chi connectivity index (χ0v) is 11.5. The third kappa shape index (κ3) is 1.70. The van der Waals surface area contributed by atoms with E-state index in [4.69, 9.17) is 0 Å². The fraction of sp³-hybridized carbons (Fsp3) is 0.538. The molecule has 0 amide bonds. The highest BCUT2D eigenvalue weighted by Crippen LogP contribution is 2.41. The van der Waals surface area contributed by atoms with E-state index in [9.17, 15) is 8.42 Å². The summed E-state index contributed by atoms with van der Waals surface area (Å²) in [5.74, 6) is 0.0827. The molecule has 0 aliphatic carbocycles. The summed E-state index contributed by atoms with van der Waals surface area (Å²) in [5.41, 5.74) is 1.76. The molecule has 0 saturated heterocycles. The van der Waals surface area contributed by atoms with Gasteiger partial charge in [-0.2, -0.15) is 0 Å². The lowest BCUT2D eigenvalue weighted by Gasteiger charge is -2.36. The Hall–Kier alpha value is -0.870. The minimum Gasteiger partial charge on any atom is -0.313 e. The van der Waals surface area contributed by atoms with Crippen molar-refractivity contribution in [2.45, 2.75) is 37.0 Å². The maximum Gasteiger partial charge on any atom is 0.181 e. The first-order valence-corrected chi connectivity index (χ1v) is 7.46. The summed E-state index contributed by atoms with van der Waals surface area (Å²) in [7, 11) is -1.30. The van der Waals surface area contributed by atoms with E-state index in [2.05, 4.69) is 5.32 Å². The normalized spacial score (nSPS) is 30.9. The number of fused-ring (bicyclic) bond motifs is 1. The largest absolute Gasteiger partial charge is 0.313 e. The van der Waals surface area contributed by atoms with E-state index in [1.807, 2.05) is 39.1 Å². The molecular formula is C13H19NO2S. The molecule has 1 aliphatic rings. The number of benzene rings is 1. The summed E-state index contributed by atoms with van der Waals surface area (Å²) in [6.07, 6.45) is 0. The molecule has 1 aromatic rings. The van der Waals surface area contributed by atoms with Crippen LogP contribution in [0.3, 0.4) is 0 Å². The molecule has 0 aromatic heterocycles. The van der Waals surface area contributed by atoms with Gasteiger partial charge in [-0.3, -0.25) is 0 Å². The van der Waals surface area contributed by atoms with E-state index < -0.39 is 9.84 Å². The van der Waals surface area contributed by atoms with Gasteiger partial charge >= 0.3 is 0 Å². The highest BCUT2D eigenvalue weighted by molar-refractivity contribution is 7.92. The molecular weight excluding hydrogens is 234 g/mol. The average Bonchev–Trinajstić information content (AvgIpc) is 2.27. The van der Waals surface area contributed by atoms with Crippen molar-refractivity contribution in [3.05, 3.63) is 29.3 Å². The average molecular weight is 253 g/mol. The Balaban J connectivity index is 2.77. The van der Waals surface area contributed by atoms with Crippen LogP contribution in [0, 0.1) is 12.8 Å². The fourth-order valence-electron chi connectivity index (χ4n) is 2.75. The lowest BCUT2D eigenvalue weighted by Crippen LogP contribution is -2.40. The van der Waals surface area contributed by atoms with Crippen LogP contribution < -0.4 is 5.32 Å². The smallest absolute Gasteiger partial charge is 0.181 e. The Morgan fingerprint density at radius 1 is 1.24 bits per heavy atom. The van der Waals surface area contributed by atoms with Crippen LogP contribution in [0.5, 0.6) is 0 Å². The zero-order valence-electron chi connectivity index (χ0n) is 10.7. The second-order valence-corrected chi connectivity index (χ2v) is 7.11. The predicted molar refractivity (Wildman–Crippen MR) is 68.8 cm³/mol. The van der Waals surface area contributed by atoms with Crippen LogP contribution in [-0.2, 0) is 9.84 Å². The van der Waals surface area contributed by atoms with Gasteiger partial charge in [0.2, 0.25) is 0 Å². The third-order valence-corrected chi connectivity index (χ3v) is 6.46. The van der Waals surface area contributed by atoms with Crippen molar-refractivity contribution in [2.24, 2.45) is 5.92 Å². The van der Waals surface area contributed by atoms with E-state index in [-0.39, 0.29) is 17.2 Å². The molecule has 0 bridgehead atoms. The summed E-state index contributed by atoms with van der Waals surface area (Å²) < 4.78 is 24.9. The first-order valence-electron chi connectivity index (χ1n) is 5.92. The molecule has 1 aliphatic heterocycles. The van der Waals surface area contributed by atoms with Gasteiger partial charge in [0, 0.05) is 6.04 Å². The Labute approximate surface area is 103 Å². The minimum absolute atomic E-state index is 0.0827. The molecule has 4 heteroatoms. The van der Waals surface area contributed by atoms with Crippen LogP contribution in [-0.4, -0.2) is 20.7 Å². The van der Waals surface area contributed by atoms with E-state index in [0.29, 0.717) is 4.90 Å². The molecule has 3 unspecified atom stereocenters. The molecule has 0 fully saturated rings. The molecule has 17 heavy (non-hydrogen) atoms. The number of hydrogen-bond donors (Lipinski definition) is 1. The monoisotopic (exact) mass is 253 g/mol. The van der Waals surface area contributed by atoms with Crippen LogP contribution in [0.1, 0.15) is 31.0 Å². The first-order chi connectivity index (χ1) is 7.91. The van der Waals surface area contributed by atoms with Crippen molar-refractivity contribution in [1.29, 1.82) is 0 Å². The van der Waals surface area contributed by atoms with Gasteiger partial charge in [0.25, 0.3) is 0 Å². The van der Waals surface area contributed by atoms with E-state index in [1.54, 1.807) is 6.92 Å². The molecule has 94 valence electrons. The van der Waals surface area contributed by atoms with Crippen LogP contribution in [0.2, 0.25) is 0 Å². The zero-order chi connectivity index (χ0) is 12.8. The van der Waals surface area contributed by atoms with Crippen LogP contribution in [0.15, 0.2) is 23.1 Å². The molecule has 3 atom stereocenters. The third-order valence-electron chi connectivity index (χ3n) is 3.93.